The van der Waals surface area contributed by atoms with Crippen molar-refractivity contribution in [3.8, 4) is 6.07 Å². The fraction of sp³-hybridized carbons (Fsp3) is 0.474. The Kier molecular flexibility index (Phi) is 5.71. The molecule has 5 nitrogen and oxygen atoms in total. The quantitative estimate of drug-likeness (QED) is 0.842. The van der Waals surface area contributed by atoms with Gasteiger partial charge in [-0.25, -0.2) is 4.98 Å². The van der Waals surface area contributed by atoms with Gasteiger partial charge in [0.15, 0.2) is 0 Å². The molecule has 1 unspecified atom stereocenters. The van der Waals surface area contributed by atoms with Gasteiger partial charge in [0.25, 0.3) is 0 Å². The molecule has 8 heteroatoms. The highest BCUT2D eigenvalue weighted by Gasteiger charge is 2.33. The molecule has 27 heavy (non-hydrogen) atoms. The van der Waals surface area contributed by atoms with E-state index < -0.39 is 12.7 Å². The van der Waals surface area contributed by atoms with Crippen LogP contribution in [0, 0.1) is 17.2 Å². The molecule has 2 N–H and O–H groups in total. The van der Waals surface area contributed by atoms with E-state index in [-0.39, 0.29) is 12.1 Å². The smallest absolute Gasteiger partial charge is 0.366 e. The molecule has 1 aromatic heterocycles. The van der Waals surface area contributed by atoms with Crippen LogP contribution in [-0.2, 0) is 0 Å². The zero-order valence-corrected chi connectivity index (χ0v) is 15.1. The second kappa shape index (κ2) is 8.01. The predicted molar refractivity (Wildman–Crippen MR) is 96.6 cm³/mol. The Balaban J connectivity index is 1.64. The minimum Gasteiger partial charge on any atom is -0.366 e. The number of nitriles is 1. The van der Waals surface area contributed by atoms with Crippen LogP contribution in [0.2, 0.25) is 0 Å². The molecule has 2 aliphatic rings. The molecular weight excluding hydrogens is 355 g/mol. The standard InChI is InChI=1S/C19H22F3N5/c1-13-8-16(15-3-6-27(7-4-15)12-19(20,21)22)10-18(25-13)26-17-9-14(11-23)2-5-24-17/h2,5,8-10,15,18,25H,3-4,6-7,12H2,1H3,(H,24,26). The Morgan fingerprint density at radius 2 is 2.11 bits per heavy atom. The highest BCUT2D eigenvalue weighted by molar-refractivity contribution is 5.45. The molecule has 0 aromatic carbocycles. The van der Waals surface area contributed by atoms with E-state index >= 15 is 0 Å². The first-order valence-corrected chi connectivity index (χ1v) is 8.91. The number of rotatable bonds is 4. The van der Waals surface area contributed by atoms with E-state index in [1.807, 2.05) is 6.92 Å². The van der Waals surface area contributed by atoms with Gasteiger partial charge in [0.1, 0.15) is 12.0 Å². The normalized spacial score (nSPS) is 21.7. The largest absolute Gasteiger partial charge is 0.401 e. The van der Waals surface area contributed by atoms with Crippen LogP contribution in [0.4, 0.5) is 19.0 Å². The van der Waals surface area contributed by atoms with Gasteiger partial charge in [-0.2, -0.15) is 18.4 Å². The Morgan fingerprint density at radius 1 is 1.37 bits per heavy atom. The molecule has 0 saturated carbocycles. The zero-order chi connectivity index (χ0) is 19.4. The number of likely N-dealkylation sites (tertiary alicyclic amines) is 1. The molecule has 0 radical (unpaired) electrons. The number of pyridine rings is 1. The van der Waals surface area contributed by atoms with Gasteiger partial charge in [-0.3, -0.25) is 4.90 Å². The number of aromatic nitrogens is 1. The Bertz CT molecular complexity index is 770. The maximum absolute atomic E-state index is 12.6. The summed E-state index contributed by atoms with van der Waals surface area (Å²) in [6.07, 6.45) is 2.78. The number of halogens is 3. The summed E-state index contributed by atoms with van der Waals surface area (Å²) < 4.78 is 37.7. The average molecular weight is 377 g/mol. The third-order valence-electron chi connectivity index (χ3n) is 4.78. The maximum atomic E-state index is 12.6. The lowest BCUT2D eigenvalue weighted by atomic mass is 9.87. The minimum atomic E-state index is -4.14. The van der Waals surface area contributed by atoms with Crippen molar-refractivity contribution in [3.63, 3.8) is 0 Å². The summed E-state index contributed by atoms with van der Waals surface area (Å²) in [6, 6.07) is 5.40. The summed E-state index contributed by atoms with van der Waals surface area (Å²) in [5, 5.41) is 15.5. The lowest BCUT2D eigenvalue weighted by Crippen LogP contribution is -2.41. The Morgan fingerprint density at radius 3 is 2.78 bits per heavy atom. The van der Waals surface area contributed by atoms with Gasteiger partial charge in [-0.15, -0.1) is 0 Å². The topological polar surface area (TPSA) is 64.0 Å². The summed E-state index contributed by atoms with van der Waals surface area (Å²) in [5.74, 6) is 0.839. The van der Waals surface area contributed by atoms with Gasteiger partial charge in [0, 0.05) is 11.9 Å². The van der Waals surface area contributed by atoms with Gasteiger partial charge in [0.05, 0.1) is 18.2 Å². The van der Waals surface area contributed by atoms with E-state index in [1.54, 1.807) is 18.3 Å². The van der Waals surface area contributed by atoms with E-state index in [1.165, 1.54) is 4.90 Å². The maximum Gasteiger partial charge on any atom is 0.401 e. The molecule has 144 valence electrons. The summed E-state index contributed by atoms with van der Waals surface area (Å²) in [7, 11) is 0. The van der Waals surface area contributed by atoms with Crippen molar-refractivity contribution in [3.05, 3.63) is 47.3 Å². The zero-order valence-electron chi connectivity index (χ0n) is 15.1. The molecular formula is C19H22F3N5. The fourth-order valence-electron chi connectivity index (χ4n) is 3.57. The van der Waals surface area contributed by atoms with E-state index in [9.17, 15) is 13.2 Å². The van der Waals surface area contributed by atoms with Crippen molar-refractivity contribution in [2.75, 3.05) is 25.0 Å². The van der Waals surface area contributed by atoms with Crippen LogP contribution in [0.3, 0.4) is 0 Å². The second-order valence-electron chi connectivity index (χ2n) is 6.97. The van der Waals surface area contributed by atoms with Gasteiger partial charge in [-0.1, -0.05) is 0 Å². The summed E-state index contributed by atoms with van der Waals surface area (Å²) in [5.41, 5.74) is 2.64. The molecule has 3 heterocycles. The second-order valence-corrected chi connectivity index (χ2v) is 6.97. The van der Waals surface area contributed by atoms with Crippen LogP contribution in [0.25, 0.3) is 0 Å². The Labute approximate surface area is 156 Å². The van der Waals surface area contributed by atoms with Gasteiger partial charge >= 0.3 is 6.18 Å². The molecule has 0 spiro atoms. The van der Waals surface area contributed by atoms with E-state index in [0.717, 1.165) is 11.3 Å². The highest BCUT2D eigenvalue weighted by Crippen LogP contribution is 2.30. The van der Waals surface area contributed by atoms with Gasteiger partial charge in [0.2, 0.25) is 0 Å². The highest BCUT2D eigenvalue weighted by atomic mass is 19.4. The molecule has 1 fully saturated rings. The lowest BCUT2D eigenvalue weighted by molar-refractivity contribution is -0.148. The van der Waals surface area contributed by atoms with Crippen molar-refractivity contribution in [2.24, 2.45) is 5.92 Å². The van der Waals surface area contributed by atoms with Crippen LogP contribution in [-0.4, -0.2) is 41.9 Å². The molecule has 1 aromatic rings. The van der Waals surface area contributed by atoms with Crippen molar-refractivity contribution in [1.82, 2.24) is 15.2 Å². The van der Waals surface area contributed by atoms with Crippen molar-refractivity contribution in [2.45, 2.75) is 32.1 Å². The van der Waals surface area contributed by atoms with Crippen molar-refractivity contribution >= 4 is 5.82 Å². The number of anilines is 1. The van der Waals surface area contributed by atoms with Crippen LogP contribution in [0.15, 0.2) is 41.8 Å². The average Bonchev–Trinajstić information content (AvgIpc) is 2.60. The van der Waals surface area contributed by atoms with Crippen LogP contribution < -0.4 is 10.6 Å². The molecule has 1 saturated heterocycles. The minimum absolute atomic E-state index is 0.181. The number of nitrogens with one attached hydrogen (secondary N) is 2. The van der Waals surface area contributed by atoms with E-state index in [4.69, 9.17) is 5.26 Å². The SMILES string of the molecule is CC1=CC(C2CCN(CC(F)(F)F)CC2)=CC(Nc2cc(C#N)ccn2)N1. The summed E-state index contributed by atoms with van der Waals surface area (Å²) in [6.45, 7) is 2.03. The summed E-state index contributed by atoms with van der Waals surface area (Å²) in [4.78, 5) is 5.70. The molecule has 0 bridgehead atoms. The number of nitrogens with zero attached hydrogens (tertiary/aromatic N) is 3. The van der Waals surface area contributed by atoms with E-state index in [2.05, 4.69) is 33.8 Å². The number of hydrogen-bond acceptors (Lipinski definition) is 5. The third kappa shape index (κ3) is 5.47. The molecule has 0 aliphatic carbocycles. The monoisotopic (exact) mass is 377 g/mol. The van der Waals surface area contributed by atoms with Crippen molar-refractivity contribution < 1.29 is 13.2 Å². The number of alkyl halides is 3. The van der Waals surface area contributed by atoms with Crippen molar-refractivity contribution in [1.29, 1.82) is 5.26 Å². The fourth-order valence-corrected chi connectivity index (χ4v) is 3.57. The van der Waals surface area contributed by atoms with E-state index in [0.29, 0.717) is 37.3 Å². The van der Waals surface area contributed by atoms with Crippen LogP contribution in [0.1, 0.15) is 25.3 Å². The predicted octanol–water partition coefficient (Wildman–Crippen LogP) is 3.40. The first kappa shape index (κ1) is 19.2. The van der Waals surface area contributed by atoms with Gasteiger partial charge < -0.3 is 10.6 Å². The molecule has 2 aliphatic heterocycles. The number of piperidine rings is 1. The lowest BCUT2D eigenvalue weighted by Gasteiger charge is -2.35. The van der Waals surface area contributed by atoms with Gasteiger partial charge in [-0.05, 0) is 68.6 Å². The molecule has 0 amide bonds. The van der Waals surface area contributed by atoms with Crippen LogP contribution in [0.5, 0.6) is 0 Å². The number of dihydropyridines is 1. The molecule has 1 atom stereocenters. The summed E-state index contributed by atoms with van der Waals surface area (Å²) >= 11 is 0. The molecule has 3 rings (SSSR count). The van der Waals surface area contributed by atoms with Crippen LogP contribution >= 0.6 is 0 Å². The number of hydrogen-bond donors (Lipinski definition) is 2. The third-order valence-corrected chi connectivity index (χ3v) is 4.78. The first-order chi connectivity index (χ1) is 12.8. The number of allylic oxidation sites excluding steroid dienone is 3. The first-order valence-electron chi connectivity index (χ1n) is 8.91. The Hall–Kier alpha value is -2.53.